The second-order valence-electron chi connectivity index (χ2n) is 4.81. The topological polar surface area (TPSA) is 3.88 Å². The van der Waals surface area contributed by atoms with Crippen LogP contribution in [0.3, 0.4) is 0 Å². The first kappa shape index (κ1) is 14.2. The van der Waals surface area contributed by atoms with Gasteiger partial charge in [0, 0.05) is 11.6 Å². The van der Waals surface area contributed by atoms with Crippen LogP contribution in [0.1, 0.15) is 16.7 Å². The van der Waals surface area contributed by atoms with Crippen molar-refractivity contribution in [1.82, 2.24) is 0 Å². The van der Waals surface area contributed by atoms with E-state index < -0.39 is 0 Å². The van der Waals surface area contributed by atoms with E-state index in [2.05, 4.69) is 66.4 Å². The fourth-order valence-electron chi connectivity index (χ4n) is 2.14. The Kier molecular flexibility index (Phi) is 4.38. The van der Waals surface area contributed by atoms with Crippen molar-refractivity contribution in [3.8, 4) is 0 Å². The lowest BCUT2D eigenvalue weighted by Crippen LogP contribution is -3.00. The Morgan fingerprint density at radius 1 is 0.947 bits per heavy atom. The van der Waals surface area contributed by atoms with Crippen LogP contribution < -0.4 is 21.5 Å². The van der Waals surface area contributed by atoms with Gasteiger partial charge >= 0.3 is 0 Å². The van der Waals surface area contributed by atoms with Gasteiger partial charge in [-0.25, -0.2) is 0 Å². The Labute approximate surface area is 128 Å². The average molecular weight is 334 g/mol. The standard InChI is InChI=1S/C16H16NS.BrH/c1-12-3-6-14(7-4-12)10-17-11-18-16-9-13(2)5-8-15(16)17;/h3-9,11H,10H2,1-2H3;1H/q+1;/p-1. The summed E-state index contributed by atoms with van der Waals surface area (Å²) in [5.41, 5.74) is 7.53. The van der Waals surface area contributed by atoms with Gasteiger partial charge < -0.3 is 17.0 Å². The molecule has 0 atom stereocenters. The molecule has 0 saturated carbocycles. The second kappa shape index (κ2) is 5.85. The number of rotatable bonds is 2. The van der Waals surface area contributed by atoms with Crippen molar-refractivity contribution in [2.45, 2.75) is 20.4 Å². The van der Waals surface area contributed by atoms with E-state index in [9.17, 15) is 0 Å². The van der Waals surface area contributed by atoms with Gasteiger partial charge in [0.15, 0.2) is 6.54 Å². The van der Waals surface area contributed by atoms with Gasteiger partial charge in [-0.1, -0.05) is 47.2 Å². The van der Waals surface area contributed by atoms with Crippen LogP contribution in [-0.2, 0) is 6.54 Å². The lowest BCUT2D eigenvalue weighted by Gasteiger charge is -1.98. The Morgan fingerprint density at radius 2 is 1.63 bits per heavy atom. The van der Waals surface area contributed by atoms with Crippen molar-refractivity contribution in [3.63, 3.8) is 0 Å². The van der Waals surface area contributed by atoms with Gasteiger partial charge in [0.05, 0.1) is 0 Å². The summed E-state index contributed by atoms with van der Waals surface area (Å²) < 4.78 is 3.69. The van der Waals surface area contributed by atoms with E-state index in [1.54, 1.807) is 0 Å². The van der Waals surface area contributed by atoms with Crippen LogP contribution in [0, 0.1) is 13.8 Å². The molecular weight excluding hydrogens is 318 g/mol. The number of fused-ring (bicyclic) bond motifs is 1. The molecular formula is C16H16BrNS. The van der Waals surface area contributed by atoms with E-state index in [-0.39, 0.29) is 17.0 Å². The maximum atomic E-state index is 2.32. The summed E-state index contributed by atoms with van der Waals surface area (Å²) >= 11 is 1.81. The van der Waals surface area contributed by atoms with Gasteiger partial charge in [0.25, 0.3) is 0 Å². The fourth-order valence-corrected chi connectivity index (χ4v) is 3.13. The minimum Gasteiger partial charge on any atom is -1.00 e. The third kappa shape index (κ3) is 3.04. The largest absolute Gasteiger partial charge is 1.00 e. The van der Waals surface area contributed by atoms with Crippen LogP contribution >= 0.6 is 11.3 Å². The number of aromatic nitrogens is 1. The van der Waals surface area contributed by atoms with Crippen LogP contribution in [0.2, 0.25) is 0 Å². The van der Waals surface area contributed by atoms with Gasteiger partial charge in [-0.2, -0.15) is 4.57 Å². The zero-order chi connectivity index (χ0) is 12.5. The van der Waals surface area contributed by atoms with E-state index in [0.717, 1.165) is 6.54 Å². The van der Waals surface area contributed by atoms with Crippen molar-refractivity contribution >= 4 is 21.6 Å². The number of thiazole rings is 1. The van der Waals surface area contributed by atoms with Gasteiger partial charge in [-0.3, -0.25) is 0 Å². The SMILES string of the molecule is Cc1ccc(C[n+]2csc3cc(C)ccc32)cc1.[Br-]. The zero-order valence-electron chi connectivity index (χ0n) is 11.1. The molecule has 3 rings (SSSR count). The quantitative estimate of drug-likeness (QED) is 0.612. The highest BCUT2D eigenvalue weighted by Gasteiger charge is 2.11. The first-order chi connectivity index (χ1) is 8.72. The van der Waals surface area contributed by atoms with Crippen molar-refractivity contribution in [1.29, 1.82) is 0 Å². The highest BCUT2D eigenvalue weighted by atomic mass is 79.9. The summed E-state index contributed by atoms with van der Waals surface area (Å²) in [6, 6.07) is 15.4. The molecule has 98 valence electrons. The molecule has 0 unspecified atom stereocenters. The Bertz CT molecular complexity index is 686. The molecule has 0 fully saturated rings. The van der Waals surface area contributed by atoms with E-state index in [1.165, 1.54) is 26.9 Å². The van der Waals surface area contributed by atoms with Crippen LogP contribution in [0.4, 0.5) is 0 Å². The second-order valence-corrected chi connectivity index (χ2v) is 5.69. The summed E-state index contributed by atoms with van der Waals surface area (Å²) in [5, 5.41) is 0. The first-order valence-corrected chi connectivity index (χ1v) is 7.03. The number of benzene rings is 2. The Morgan fingerprint density at radius 3 is 2.37 bits per heavy atom. The smallest absolute Gasteiger partial charge is 0.226 e. The number of halogens is 1. The Hall–Kier alpha value is -1.19. The molecule has 0 bridgehead atoms. The van der Waals surface area contributed by atoms with Gasteiger partial charge in [-0.15, -0.1) is 0 Å². The number of hydrogen-bond donors (Lipinski definition) is 0. The molecule has 2 aromatic carbocycles. The lowest BCUT2D eigenvalue weighted by molar-refractivity contribution is -0.658. The fraction of sp³-hybridized carbons (Fsp3) is 0.188. The van der Waals surface area contributed by atoms with Gasteiger partial charge in [0.1, 0.15) is 4.70 Å². The van der Waals surface area contributed by atoms with Crippen LogP contribution in [0.5, 0.6) is 0 Å². The monoisotopic (exact) mass is 333 g/mol. The molecule has 0 aliphatic carbocycles. The first-order valence-electron chi connectivity index (χ1n) is 6.15. The molecule has 1 nitrogen and oxygen atoms in total. The minimum atomic E-state index is 0. The summed E-state index contributed by atoms with van der Waals surface area (Å²) in [6.07, 6.45) is 0. The molecule has 3 aromatic rings. The summed E-state index contributed by atoms with van der Waals surface area (Å²) in [6.45, 7) is 5.21. The van der Waals surface area contributed by atoms with Crippen molar-refractivity contribution in [2.75, 3.05) is 0 Å². The van der Waals surface area contributed by atoms with Crippen molar-refractivity contribution in [2.24, 2.45) is 0 Å². The van der Waals surface area contributed by atoms with E-state index in [4.69, 9.17) is 0 Å². The molecule has 1 heterocycles. The van der Waals surface area contributed by atoms with Crippen LogP contribution in [-0.4, -0.2) is 0 Å². The lowest BCUT2D eigenvalue weighted by atomic mass is 10.1. The van der Waals surface area contributed by atoms with Crippen molar-refractivity contribution < 1.29 is 21.5 Å². The summed E-state index contributed by atoms with van der Waals surface area (Å²) in [5.74, 6) is 0. The number of nitrogens with zero attached hydrogens (tertiary/aromatic N) is 1. The maximum absolute atomic E-state index is 2.32. The highest BCUT2D eigenvalue weighted by molar-refractivity contribution is 7.16. The number of aryl methyl sites for hydroxylation is 2. The minimum absolute atomic E-state index is 0. The van der Waals surface area contributed by atoms with Crippen molar-refractivity contribution in [3.05, 3.63) is 64.7 Å². The van der Waals surface area contributed by atoms with Gasteiger partial charge in [-0.05, 0) is 25.5 Å². The predicted molar refractivity (Wildman–Crippen MR) is 77.0 cm³/mol. The molecule has 0 aliphatic heterocycles. The van der Waals surface area contributed by atoms with Crippen LogP contribution in [0.15, 0.2) is 48.0 Å². The van der Waals surface area contributed by atoms with Gasteiger partial charge in [0.2, 0.25) is 11.0 Å². The predicted octanol–water partition coefficient (Wildman–Crippen LogP) is 0.858. The number of hydrogen-bond acceptors (Lipinski definition) is 1. The highest BCUT2D eigenvalue weighted by Crippen LogP contribution is 2.18. The molecule has 0 amide bonds. The Balaban J connectivity index is 0.00000133. The van der Waals surface area contributed by atoms with Crippen LogP contribution in [0.25, 0.3) is 10.2 Å². The normalized spacial score (nSPS) is 10.4. The molecule has 0 saturated heterocycles. The molecule has 0 aliphatic rings. The molecule has 19 heavy (non-hydrogen) atoms. The molecule has 3 heteroatoms. The summed E-state index contributed by atoms with van der Waals surface area (Å²) in [4.78, 5) is 0. The molecule has 0 spiro atoms. The van der Waals surface area contributed by atoms with E-state index >= 15 is 0 Å². The molecule has 0 N–H and O–H groups in total. The molecule has 0 radical (unpaired) electrons. The van der Waals surface area contributed by atoms with E-state index in [1.807, 2.05) is 11.3 Å². The average Bonchev–Trinajstić information content (AvgIpc) is 2.74. The molecule has 1 aromatic heterocycles. The third-order valence-electron chi connectivity index (χ3n) is 3.21. The van der Waals surface area contributed by atoms with E-state index in [0.29, 0.717) is 0 Å². The zero-order valence-corrected chi connectivity index (χ0v) is 13.5. The summed E-state index contributed by atoms with van der Waals surface area (Å²) in [7, 11) is 0. The maximum Gasteiger partial charge on any atom is 0.226 e. The third-order valence-corrected chi connectivity index (χ3v) is 4.15.